The fraction of sp³-hybridized carbons (Fsp3) is 0.923. The summed E-state index contributed by atoms with van der Waals surface area (Å²) in [6.45, 7) is 0.0592. The molecule has 7 atom stereocenters. The van der Waals surface area contributed by atoms with Gasteiger partial charge < -0.3 is 46.1 Å². The van der Waals surface area contributed by atoms with Crippen LogP contribution in [0.5, 0.6) is 0 Å². The van der Waals surface area contributed by atoms with Crippen LogP contribution in [0, 0.1) is 0 Å². The third-order valence-electron chi connectivity index (χ3n) is 3.89. The number of aliphatic hydroxyl groups is 5. The van der Waals surface area contributed by atoms with E-state index in [1.54, 1.807) is 0 Å². The number of methoxy groups -OCH3 is 1. The minimum atomic E-state index is -1.64. The van der Waals surface area contributed by atoms with Gasteiger partial charge in [-0.3, -0.25) is 4.79 Å². The molecule has 0 unspecified atom stereocenters. The number of amides is 1. The Morgan fingerprint density at radius 3 is 2.52 bits per heavy atom. The average molecular weight is 338 g/mol. The maximum absolute atomic E-state index is 11.8. The Bertz CT molecular complexity index is 390. The van der Waals surface area contributed by atoms with Crippen LogP contribution in [-0.4, -0.2) is 94.1 Å². The predicted octanol–water partition coefficient (Wildman–Crippen LogP) is -3.98. The van der Waals surface area contributed by atoms with Gasteiger partial charge in [0.05, 0.1) is 31.4 Å². The highest BCUT2D eigenvalue weighted by molar-refractivity contribution is 5.81. The Morgan fingerprint density at radius 2 is 2.09 bits per heavy atom. The molecule has 0 saturated carbocycles. The van der Waals surface area contributed by atoms with Crippen molar-refractivity contribution in [3.8, 4) is 0 Å². The van der Waals surface area contributed by atoms with Gasteiger partial charge in [-0.05, 0) is 6.92 Å². The summed E-state index contributed by atoms with van der Waals surface area (Å²) in [7, 11) is 1.25. The number of hydrogen-bond donors (Lipinski definition) is 7. The van der Waals surface area contributed by atoms with Crippen LogP contribution < -0.4 is 11.1 Å². The van der Waals surface area contributed by atoms with Crippen molar-refractivity contribution in [3.05, 3.63) is 0 Å². The molecular formula is C13H26N2O8. The van der Waals surface area contributed by atoms with Crippen molar-refractivity contribution in [1.29, 1.82) is 0 Å². The number of aliphatic hydroxyl groups excluding tert-OH is 5. The SMILES string of the molecule is CO[C@@]1(CO)C[C@H](O)[C@@H](NC(=O)[C@H](C)N)[C@H]([C@H](O)[C@H](O)CO)O1. The molecule has 0 aliphatic carbocycles. The van der Waals surface area contributed by atoms with Crippen molar-refractivity contribution in [2.45, 2.75) is 55.6 Å². The molecule has 1 aliphatic heterocycles. The highest BCUT2D eigenvalue weighted by Gasteiger charge is 2.51. The molecule has 1 saturated heterocycles. The summed E-state index contributed by atoms with van der Waals surface area (Å²) in [6.07, 6.45) is -5.98. The highest BCUT2D eigenvalue weighted by Crippen LogP contribution is 2.32. The van der Waals surface area contributed by atoms with Crippen molar-refractivity contribution in [1.82, 2.24) is 5.32 Å². The lowest BCUT2D eigenvalue weighted by Crippen LogP contribution is -2.67. The summed E-state index contributed by atoms with van der Waals surface area (Å²) < 4.78 is 10.6. The number of nitrogens with two attached hydrogens (primary N) is 1. The molecule has 1 aliphatic rings. The van der Waals surface area contributed by atoms with Crippen LogP contribution in [0.25, 0.3) is 0 Å². The minimum absolute atomic E-state index is 0.178. The molecule has 0 radical (unpaired) electrons. The Balaban J connectivity index is 3.07. The highest BCUT2D eigenvalue weighted by atomic mass is 16.7. The molecule has 1 amide bonds. The molecule has 0 aromatic heterocycles. The van der Waals surface area contributed by atoms with Crippen LogP contribution >= 0.6 is 0 Å². The lowest BCUT2D eigenvalue weighted by Gasteiger charge is -2.47. The van der Waals surface area contributed by atoms with Crippen LogP contribution in [0.1, 0.15) is 13.3 Å². The molecule has 0 aromatic carbocycles. The summed E-state index contributed by atoms with van der Waals surface area (Å²) in [4.78, 5) is 11.8. The van der Waals surface area contributed by atoms with Gasteiger partial charge in [0, 0.05) is 13.5 Å². The number of ether oxygens (including phenoxy) is 2. The van der Waals surface area contributed by atoms with Gasteiger partial charge in [0.25, 0.3) is 0 Å². The quantitative estimate of drug-likeness (QED) is 0.244. The van der Waals surface area contributed by atoms with Crippen molar-refractivity contribution in [2.24, 2.45) is 5.73 Å². The van der Waals surface area contributed by atoms with Gasteiger partial charge in [-0.2, -0.15) is 0 Å². The van der Waals surface area contributed by atoms with E-state index in [0.29, 0.717) is 0 Å². The first kappa shape index (κ1) is 20.2. The fourth-order valence-corrected chi connectivity index (χ4v) is 2.41. The normalized spacial score (nSPS) is 35.4. The Labute approximate surface area is 133 Å². The van der Waals surface area contributed by atoms with E-state index in [1.807, 2.05) is 0 Å². The van der Waals surface area contributed by atoms with Crippen molar-refractivity contribution in [3.63, 3.8) is 0 Å². The lowest BCUT2D eigenvalue weighted by molar-refractivity contribution is -0.322. The van der Waals surface area contributed by atoms with E-state index in [-0.39, 0.29) is 6.42 Å². The van der Waals surface area contributed by atoms with E-state index < -0.39 is 61.4 Å². The zero-order chi connectivity index (χ0) is 17.8. The maximum atomic E-state index is 11.8. The van der Waals surface area contributed by atoms with E-state index in [0.717, 1.165) is 0 Å². The van der Waals surface area contributed by atoms with Crippen LogP contribution in [0.4, 0.5) is 0 Å². The van der Waals surface area contributed by atoms with Crippen molar-refractivity contribution >= 4 is 5.91 Å². The van der Waals surface area contributed by atoms with E-state index in [2.05, 4.69) is 5.32 Å². The predicted molar refractivity (Wildman–Crippen MR) is 77.0 cm³/mol. The molecular weight excluding hydrogens is 312 g/mol. The number of rotatable bonds is 7. The van der Waals surface area contributed by atoms with Crippen molar-refractivity contribution < 1.29 is 39.8 Å². The van der Waals surface area contributed by atoms with Crippen LogP contribution in [0.2, 0.25) is 0 Å². The Kier molecular flexibility index (Phi) is 7.29. The summed E-state index contributed by atoms with van der Waals surface area (Å²) >= 11 is 0. The van der Waals surface area contributed by atoms with Gasteiger partial charge in [0.15, 0.2) is 5.79 Å². The second-order valence-electron chi connectivity index (χ2n) is 5.69. The monoisotopic (exact) mass is 338 g/mol. The number of carbonyl (C=O) groups is 1. The van der Waals surface area contributed by atoms with Crippen LogP contribution in [0.15, 0.2) is 0 Å². The van der Waals surface area contributed by atoms with Gasteiger partial charge in [0.2, 0.25) is 5.91 Å². The fourth-order valence-electron chi connectivity index (χ4n) is 2.41. The van der Waals surface area contributed by atoms with Gasteiger partial charge >= 0.3 is 0 Å². The smallest absolute Gasteiger partial charge is 0.237 e. The molecule has 10 heteroatoms. The number of carbonyl (C=O) groups excluding carboxylic acids is 1. The van der Waals surface area contributed by atoms with Gasteiger partial charge in [-0.25, -0.2) is 0 Å². The second-order valence-corrected chi connectivity index (χ2v) is 5.69. The summed E-state index contributed by atoms with van der Waals surface area (Å²) in [5.41, 5.74) is 5.46. The first-order chi connectivity index (χ1) is 10.7. The standard InChI is InChI=1S/C13H26N2O8/c1-6(14)12(21)15-9-7(18)3-13(5-17,22-2)23-11(9)10(20)8(19)4-16/h6-11,16-20H,3-5,14H2,1-2H3,(H,15,21)/t6-,7-,8+,9+,10+,11+,13-/m0/s1. The minimum Gasteiger partial charge on any atom is -0.394 e. The average Bonchev–Trinajstić information content (AvgIpc) is 2.54. The first-order valence-electron chi connectivity index (χ1n) is 7.26. The summed E-state index contributed by atoms with van der Waals surface area (Å²) in [5, 5.41) is 50.9. The van der Waals surface area contributed by atoms with E-state index in [9.17, 15) is 25.2 Å². The zero-order valence-corrected chi connectivity index (χ0v) is 13.1. The van der Waals surface area contributed by atoms with E-state index >= 15 is 0 Å². The molecule has 23 heavy (non-hydrogen) atoms. The molecule has 8 N–H and O–H groups in total. The van der Waals surface area contributed by atoms with Gasteiger partial charge in [0.1, 0.15) is 18.3 Å². The van der Waals surface area contributed by atoms with Gasteiger partial charge in [-0.1, -0.05) is 0 Å². The maximum Gasteiger partial charge on any atom is 0.237 e. The third-order valence-corrected chi connectivity index (χ3v) is 3.89. The molecule has 1 heterocycles. The Morgan fingerprint density at radius 1 is 1.48 bits per heavy atom. The summed E-state index contributed by atoms with van der Waals surface area (Å²) in [6, 6.07) is -1.98. The molecule has 1 fully saturated rings. The molecule has 0 aromatic rings. The van der Waals surface area contributed by atoms with E-state index in [1.165, 1.54) is 14.0 Å². The summed E-state index contributed by atoms with van der Waals surface area (Å²) in [5.74, 6) is -2.20. The van der Waals surface area contributed by atoms with Crippen LogP contribution in [-0.2, 0) is 14.3 Å². The number of nitrogens with one attached hydrogen (secondary N) is 1. The van der Waals surface area contributed by atoms with Crippen LogP contribution in [0.3, 0.4) is 0 Å². The third kappa shape index (κ3) is 4.58. The lowest BCUT2D eigenvalue weighted by atomic mass is 9.88. The molecule has 0 spiro atoms. The molecule has 0 bridgehead atoms. The first-order valence-corrected chi connectivity index (χ1v) is 7.26. The van der Waals surface area contributed by atoms with Crippen molar-refractivity contribution in [2.75, 3.05) is 20.3 Å². The molecule has 10 nitrogen and oxygen atoms in total. The largest absolute Gasteiger partial charge is 0.394 e. The van der Waals surface area contributed by atoms with Gasteiger partial charge in [-0.15, -0.1) is 0 Å². The zero-order valence-electron chi connectivity index (χ0n) is 13.1. The van der Waals surface area contributed by atoms with E-state index in [4.69, 9.17) is 20.3 Å². The molecule has 136 valence electrons. The second kappa shape index (κ2) is 8.31. The topological polar surface area (TPSA) is 175 Å². The number of hydrogen-bond acceptors (Lipinski definition) is 9. The Hall–Kier alpha value is -0.850. The molecule has 1 rings (SSSR count).